The van der Waals surface area contributed by atoms with Crippen molar-refractivity contribution in [2.45, 2.75) is 37.3 Å². The zero-order chi connectivity index (χ0) is 23.7. The molecule has 1 saturated heterocycles. The third-order valence-corrected chi connectivity index (χ3v) is 7.58. The molecule has 9 heteroatoms. The maximum Gasteiger partial charge on any atom is 0.247 e. The van der Waals surface area contributed by atoms with Crippen molar-refractivity contribution < 1.29 is 14.3 Å². The number of benzene rings is 2. The number of carbonyl (C=O) groups excluding carboxylic acids is 1. The minimum absolute atomic E-state index is 0.0134. The van der Waals surface area contributed by atoms with E-state index in [2.05, 4.69) is 22.7 Å². The fraction of sp³-hybridized carbons (Fsp3) is 0.375. The van der Waals surface area contributed by atoms with Crippen LogP contribution in [0.2, 0.25) is 15.1 Å². The summed E-state index contributed by atoms with van der Waals surface area (Å²) >= 11 is 19.7. The van der Waals surface area contributed by atoms with Crippen molar-refractivity contribution in [1.82, 2.24) is 10.9 Å². The summed E-state index contributed by atoms with van der Waals surface area (Å²) in [7, 11) is 3.16. The van der Waals surface area contributed by atoms with Gasteiger partial charge in [0.1, 0.15) is 11.5 Å². The number of ether oxygens (including phenoxy) is 2. The highest BCUT2D eigenvalue weighted by molar-refractivity contribution is 6.38. The largest absolute Gasteiger partial charge is 0.495 e. The fourth-order valence-electron chi connectivity index (χ4n) is 4.98. The molecule has 2 aliphatic rings. The predicted octanol–water partition coefficient (Wildman–Crippen LogP) is 5.89. The van der Waals surface area contributed by atoms with Crippen LogP contribution in [0.3, 0.4) is 0 Å². The third-order valence-electron chi connectivity index (χ3n) is 6.56. The summed E-state index contributed by atoms with van der Waals surface area (Å²) in [5.41, 5.74) is 9.38. The first-order valence-electron chi connectivity index (χ1n) is 10.7. The Morgan fingerprint density at radius 1 is 1.09 bits per heavy atom. The van der Waals surface area contributed by atoms with Crippen molar-refractivity contribution in [2.24, 2.45) is 5.92 Å². The molecule has 1 amide bonds. The molecule has 0 spiro atoms. The molecule has 0 radical (unpaired) electrons. The topological polar surface area (TPSA) is 71.6 Å². The second kappa shape index (κ2) is 10.1. The number of fused-ring (bicyclic) bond motifs is 1. The quantitative estimate of drug-likeness (QED) is 0.423. The van der Waals surface area contributed by atoms with Crippen LogP contribution in [-0.2, 0) is 4.79 Å². The van der Waals surface area contributed by atoms with Gasteiger partial charge in [-0.2, -0.15) is 0 Å². The minimum Gasteiger partial charge on any atom is -0.495 e. The molecule has 0 bridgehead atoms. The summed E-state index contributed by atoms with van der Waals surface area (Å²) in [6.45, 7) is 3.54. The van der Waals surface area contributed by atoms with Gasteiger partial charge < -0.3 is 14.8 Å². The highest BCUT2D eigenvalue weighted by atomic mass is 35.5. The molecule has 1 heterocycles. The van der Waals surface area contributed by atoms with Crippen LogP contribution < -0.4 is 25.6 Å². The third kappa shape index (κ3) is 4.68. The van der Waals surface area contributed by atoms with Gasteiger partial charge in [0.2, 0.25) is 5.91 Å². The SMILES string of the molecule is C=CC(=O)Nc1ccc(Cl)cc1C1NNC2C[C@H](c3c(Cl)c(OC)cc(OC)c3Cl)CCC21. The number of nitrogens with one attached hydrogen (secondary N) is 3. The maximum atomic E-state index is 11.9. The number of amides is 1. The lowest BCUT2D eigenvalue weighted by atomic mass is 9.72. The summed E-state index contributed by atoms with van der Waals surface area (Å²) in [5, 5.41) is 4.55. The van der Waals surface area contributed by atoms with E-state index in [1.54, 1.807) is 26.4 Å². The van der Waals surface area contributed by atoms with Gasteiger partial charge in [-0.3, -0.25) is 10.2 Å². The molecule has 33 heavy (non-hydrogen) atoms. The molecule has 0 aromatic heterocycles. The van der Waals surface area contributed by atoms with E-state index < -0.39 is 0 Å². The number of hydrogen-bond acceptors (Lipinski definition) is 5. The van der Waals surface area contributed by atoms with Gasteiger partial charge in [0, 0.05) is 28.4 Å². The van der Waals surface area contributed by atoms with Crippen molar-refractivity contribution >= 4 is 46.4 Å². The summed E-state index contributed by atoms with van der Waals surface area (Å²) < 4.78 is 10.9. The normalized spacial score (nSPS) is 24.2. The highest BCUT2D eigenvalue weighted by Crippen LogP contribution is 2.51. The van der Waals surface area contributed by atoms with E-state index in [0.29, 0.717) is 32.5 Å². The average Bonchev–Trinajstić information content (AvgIpc) is 3.23. The van der Waals surface area contributed by atoms with Gasteiger partial charge >= 0.3 is 0 Å². The Hall–Kier alpha value is -1.96. The molecule has 4 atom stereocenters. The number of halogens is 3. The van der Waals surface area contributed by atoms with E-state index in [-0.39, 0.29) is 23.9 Å². The zero-order valence-corrected chi connectivity index (χ0v) is 20.7. The first-order chi connectivity index (χ1) is 15.9. The van der Waals surface area contributed by atoms with Crippen LogP contribution in [0.1, 0.15) is 42.3 Å². The van der Waals surface area contributed by atoms with E-state index in [1.807, 2.05) is 12.1 Å². The smallest absolute Gasteiger partial charge is 0.247 e. The second-order valence-corrected chi connectivity index (χ2v) is 9.49. The molecule has 1 aliphatic carbocycles. The standard InChI is InChI=1S/C24H26Cl3N3O3/c1-4-20(31)28-16-8-6-13(25)10-15(16)24-14-7-5-12(9-17(14)29-30-24)21-22(26)18(32-2)11-19(33-3)23(21)27/h4,6,8,10-12,14,17,24,29-30H,1,5,7,9H2,2-3H3,(H,28,31)/t12-,14?,17?,24?/m1/s1. The lowest BCUT2D eigenvalue weighted by Crippen LogP contribution is -2.35. The summed E-state index contributed by atoms with van der Waals surface area (Å²) in [5.74, 6) is 1.27. The van der Waals surface area contributed by atoms with Crippen LogP contribution >= 0.6 is 34.8 Å². The molecule has 1 aliphatic heterocycles. The molecular weight excluding hydrogens is 485 g/mol. The number of hydrogen-bond donors (Lipinski definition) is 3. The Balaban J connectivity index is 1.60. The van der Waals surface area contributed by atoms with Crippen LogP contribution in [0, 0.1) is 5.92 Å². The van der Waals surface area contributed by atoms with Crippen LogP contribution in [0.15, 0.2) is 36.9 Å². The lowest BCUT2D eigenvalue weighted by molar-refractivity contribution is -0.111. The molecule has 6 nitrogen and oxygen atoms in total. The predicted molar refractivity (Wildman–Crippen MR) is 133 cm³/mol. The van der Waals surface area contributed by atoms with Crippen molar-refractivity contribution in [3.8, 4) is 11.5 Å². The number of hydrazine groups is 1. The fourth-order valence-corrected chi connectivity index (χ4v) is 5.97. The first kappa shape index (κ1) is 24.2. The monoisotopic (exact) mass is 509 g/mol. The van der Waals surface area contributed by atoms with Gasteiger partial charge in [0.25, 0.3) is 0 Å². The van der Waals surface area contributed by atoms with Gasteiger partial charge in [0.15, 0.2) is 0 Å². The van der Waals surface area contributed by atoms with Crippen LogP contribution in [-0.4, -0.2) is 26.2 Å². The molecule has 2 fully saturated rings. The number of anilines is 1. The number of methoxy groups -OCH3 is 2. The van der Waals surface area contributed by atoms with Gasteiger partial charge in [0.05, 0.1) is 30.3 Å². The first-order valence-corrected chi connectivity index (χ1v) is 11.8. The highest BCUT2D eigenvalue weighted by Gasteiger charge is 2.43. The Morgan fingerprint density at radius 3 is 2.42 bits per heavy atom. The Morgan fingerprint density at radius 2 is 1.79 bits per heavy atom. The van der Waals surface area contributed by atoms with E-state index in [4.69, 9.17) is 44.3 Å². The Labute approximate surface area is 208 Å². The van der Waals surface area contributed by atoms with Gasteiger partial charge in [-0.05, 0) is 60.9 Å². The van der Waals surface area contributed by atoms with E-state index in [0.717, 1.165) is 36.1 Å². The summed E-state index contributed by atoms with van der Waals surface area (Å²) in [6, 6.07) is 7.36. The summed E-state index contributed by atoms with van der Waals surface area (Å²) in [6.07, 6.45) is 3.90. The molecular formula is C24H26Cl3N3O3. The maximum absolute atomic E-state index is 11.9. The van der Waals surface area contributed by atoms with Gasteiger partial charge in [-0.15, -0.1) is 0 Å². The van der Waals surface area contributed by atoms with E-state index in [1.165, 1.54) is 6.08 Å². The molecule has 3 unspecified atom stereocenters. The van der Waals surface area contributed by atoms with Crippen molar-refractivity contribution in [3.05, 3.63) is 63.1 Å². The molecule has 4 rings (SSSR count). The van der Waals surface area contributed by atoms with E-state index in [9.17, 15) is 4.79 Å². The molecule has 3 N–H and O–H groups in total. The second-order valence-electron chi connectivity index (χ2n) is 8.29. The summed E-state index contributed by atoms with van der Waals surface area (Å²) in [4.78, 5) is 11.9. The molecule has 1 saturated carbocycles. The number of rotatable bonds is 6. The van der Waals surface area contributed by atoms with E-state index >= 15 is 0 Å². The van der Waals surface area contributed by atoms with Crippen molar-refractivity contribution in [2.75, 3.05) is 19.5 Å². The Bertz CT molecular complexity index is 1050. The molecule has 2 aromatic rings. The zero-order valence-electron chi connectivity index (χ0n) is 18.4. The lowest BCUT2D eigenvalue weighted by Gasteiger charge is -2.34. The van der Waals surface area contributed by atoms with Crippen LogP contribution in [0.4, 0.5) is 5.69 Å². The van der Waals surface area contributed by atoms with Gasteiger partial charge in [-0.25, -0.2) is 5.43 Å². The minimum atomic E-state index is -0.263. The van der Waals surface area contributed by atoms with Crippen LogP contribution in [0.5, 0.6) is 11.5 Å². The van der Waals surface area contributed by atoms with Gasteiger partial charge in [-0.1, -0.05) is 41.4 Å². The van der Waals surface area contributed by atoms with Crippen LogP contribution in [0.25, 0.3) is 0 Å². The van der Waals surface area contributed by atoms with Crippen molar-refractivity contribution in [3.63, 3.8) is 0 Å². The average molecular weight is 511 g/mol. The Kier molecular flexibility index (Phi) is 7.41. The number of carbonyl (C=O) groups is 1. The molecule has 2 aromatic carbocycles. The molecule has 176 valence electrons. The van der Waals surface area contributed by atoms with Crippen molar-refractivity contribution in [1.29, 1.82) is 0 Å².